The maximum atomic E-state index is 12.4. The van der Waals surface area contributed by atoms with Gasteiger partial charge in [-0.1, -0.05) is 30.3 Å². The molecule has 0 radical (unpaired) electrons. The third-order valence-corrected chi connectivity index (χ3v) is 4.86. The molecule has 1 amide bonds. The number of morpholine rings is 1. The number of nitrogens with one attached hydrogen (secondary N) is 1. The molecule has 1 heterocycles. The van der Waals surface area contributed by atoms with Gasteiger partial charge in [0, 0.05) is 30.5 Å². The van der Waals surface area contributed by atoms with E-state index in [0.29, 0.717) is 6.54 Å². The Bertz CT molecular complexity index is 697. The standard InChI is InChI=1S/C21H27N3O2/c1-17(18-6-4-3-5-7-18)23(2)16-21(25)22-19-8-10-20(11-9-19)24-12-14-26-15-13-24/h3-11,17H,12-16H2,1-2H3,(H,22,25)/t17-/m0/s1. The number of rotatable bonds is 6. The minimum atomic E-state index is -0.00518. The molecule has 0 unspecified atom stereocenters. The lowest BCUT2D eigenvalue weighted by Crippen LogP contribution is -2.36. The number of hydrogen-bond acceptors (Lipinski definition) is 4. The van der Waals surface area contributed by atoms with Crippen LogP contribution in [0.2, 0.25) is 0 Å². The van der Waals surface area contributed by atoms with Gasteiger partial charge in [0.1, 0.15) is 0 Å². The highest BCUT2D eigenvalue weighted by atomic mass is 16.5. The van der Waals surface area contributed by atoms with Gasteiger partial charge in [0.15, 0.2) is 0 Å². The van der Waals surface area contributed by atoms with Crippen molar-refractivity contribution >= 4 is 17.3 Å². The molecule has 0 spiro atoms. The highest BCUT2D eigenvalue weighted by molar-refractivity contribution is 5.92. The zero-order chi connectivity index (χ0) is 18.4. The van der Waals surface area contributed by atoms with Gasteiger partial charge in [-0.05, 0) is 43.8 Å². The monoisotopic (exact) mass is 353 g/mol. The van der Waals surface area contributed by atoms with Gasteiger partial charge in [0.05, 0.1) is 19.8 Å². The van der Waals surface area contributed by atoms with Crippen LogP contribution in [0.25, 0.3) is 0 Å². The Hall–Kier alpha value is -2.37. The van der Waals surface area contributed by atoms with Gasteiger partial charge in [-0.25, -0.2) is 0 Å². The Morgan fingerprint density at radius 1 is 1.12 bits per heavy atom. The molecule has 3 rings (SSSR count). The lowest BCUT2D eigenvalue weighted by Gasteiger charge is -2.29. The molecule has 1 aliphatic rings. The zero-order valence-electron chi connectivity index (χ0n) is 15.5. The fraction of sp³-hybridized carbons (Fsp3) is 0.381. The van der Waals surface area contributed by atoms with Gasteiger partial charge in [-0.15, -0.1) is 0 Å². The number of ether oxygens (including phenoxy) is 1. The first-order chi connectivity index (χ1) is 12.6. The molecule has 1 saturated heterocycles. The number of hydrogen-bond donors (Lipinski definition) is 1. The summed E-state index contributed by atoms with van der Waals surface area (Å²) in [4.78, 5) is 16.7. The molecule has 2 aromatic rings. The van der Waals surface area contributed by atoms with Gasteiger partial charge >= 0.3 is 0 Å². The van der Waals surface area contributed by atoms with E-state index < -0.39 is 0 Å². The van der Waals surface area contributed by atoms with E-state index in [1.54, 1.807) is 0 Å². The summed E-state index contributed by atoms with van der Waals surface area (Å²) in [6, 6.07) is 18.4. The predicted molar refractivity (Wildman–Crippen MR) is 106 cm³/mol. The summed E-state index contributed by atoms with van der Waals surface area (Å²) in [6.45, 7) is 5.82. The maximum Gasteiger partial charge on any atom is 0.238 e. The number of amides is 1. The molecule has 5 nitrogen and oxygen atoms in total. The second-order valence-electron chi connectivity index (χ2n) is 6.70. The van der Waals surface area contributed by atoms with Crippen LogP contribution in [0.15, 0.2) is 54.6 Å². The smallest absolute Gasteiger partial charge is 0.238 e. The summed E-state index contributed by atoms with van der Waals surface area (Å²) in [5, 5.41) is 2.99. The van der Waals surface area contributed by atoms with Crippen molar-refractivity contribution in [3.05, 3.63) is 60.2 Å². The Labute approximate surface area is 155 Å². The molecular formula is C21H27N3O2. The summed E-state index contributed by atoms with van der Waals surface area (Å²) in [5.41, 5.74) is 3.20. The SMILES string of the molecule is C[C@@H](c1ccccc1)N(C)CC(=O)Nc1ccc(N2CCOCC2)cc1. The van der Waals surface area contributed by atoms with E-state index >= 15 is 0 Å². The lowest BCUT2D eigenvalue weighted by molar-refractivity contribution is -0.117. The number of anilines is 2. The summed E-state index contributed by atoms with van der Waals surface area (Å²) in [7, 11) is 1.97. The van der Waals surface area contributed by atoms with Gasteiger partial charge in [0.2, 0.25) is 5.91 Å². The fourth-order valence-corrected chi connectivity index (χ4v) is 3.13. The molecule has 1 fully saturated rings. The molecule has 0 bridgehead atoms. The highest BCUT2D eigenvalue weighted by Gasteiger charge is 2.15. The van der Waals surface area contributed by atoms with Crippen LogP contribution in [0.4, 0.5) is 11.4 Å². The minimum absolute atomic E-state index is 0.00518. The number of benzene rings is 2. The number of likely N-dealkylation sites (N-methyl/N-ethyl adjacent to an activating group) is 1. The Balaban J connectivity index is 1.52. The van der Waals surface area contributed by atoms with Crippen molar-refractivity contribution in [3.63, 3.8) is 0 Å². The van der Waals surface area contributed by atoms with Gasteiger partial charge in [-0.3, -0.25) is 9.69 Å². The quantitative estimate of drug-likeness (QED) is 0.866. The van der Waals surface area contributed by atoms with E-state index in [-0.39, 0.29) is 11.9 Å². The second-order valence-corrected chi connectivity index (χ2v) is 6.70. The number of carbonyl (C=O) groups is 1. The van der Waals surface area contributed by atoms with Crippen molar-refractivity contribution in [2.24, 2.45) is 0 Å². The second kappa shape index (κ2) is 8.83. The molecule has 5 heteroatoms. The number of nitrogens with zero attached hydrogens (tertiary/aromatic N) is 2. The average molecular weight is 353 g/mol. The van der Waals surface area contributed by atoms with E-state index in [9.17, 15) is 4.79 Å². The Morgan fingerprint density at radius 2 is 1.77 bits per heavy atom. The molecule has 2 aromatic carbocycles. The van der Waals surface area contributed by atoms with Gasteiger partial charge in [0.25, 0.3) is 0 Å². The molecule has 1 atom stereocenters. The van der Waals surface area contributed by atoms with Gasteiger partial charge in [-0.2, -0.15) is 0 Å². The summed E-state index contributed by atoms with van der Waals surface area (Å²) in [5.74, 6) is -0.00518. The van der Waals surface area contributed by atoms with E-state index in [1.165, 1.54) is 11.3 Å². The van der Waals surface area contributed by atoms with Crippen LogP contribution in [0.5, 0.6) is 0 Å². The molecule has 0 aliphatic carbocycles. The zero-order valence-corrected chi connectivity index (χ0v) is 15.5. The van der Waals surface area contributed by atoms with Crippen molar-refractivity contribution < 1.29 is 9.53 Å². The van der Waals surface area contributed by atoms with Crippen LogP contribution >= 0.6 is 0 Å². The summed E-state index contributed by atoms with van der Waals surface area (Å²) >= 11 is 0. The van der Waals surface area contributed by atoms with Crippen molar-refractivity contribution in [1.29, 1.82) is 0 Å². The third-order valence-electron chi connectivity index (χ3n) is 4.86. The van der Waals surface area contributed by atoms with Crippen LogP contribution in [0.1, 0.15) is 18.5 Å². The molecule has 0 aromatic heterocycles. The van der Waals surface area contributed by atoms with Crippen LogP contribution in [-0.2, 0) is 9.53 Å². The largest absolute Gasteiger partial charge is 0.378 e. The van der Waals surface area contributed by atoms with Crippen LogP contribution < -0.4 is 10.2 Å². The molecule has 138 valence electrons. The maximum absolute atomic E-state index is 12.4. The molecule has 1 N–H and O–H groups in total. The van der Waals surface area contributed by atoms with Crippen LogP contribution in [0, 0.1) is 0 Å². The van der Waals surface area contributed by atoms with Crippen molar-refractivity contribution in [2.45, 2.75) is 13.0 Å². The third kappa shape index (κ3) is 4.84. The fourth-order valence-electron chi connectivity index (χ4n) is 3.13. The van der Waals surface area contributed by atoms with Crippen molar-refractivity contribution in [2.75, 3.05) is 50.1 Å². The first-order valence-corrected chi connectivity index (χ1v) is 9.11. The predicted octanol–water partition coefficient (Wildman–Crippen LogP) is 3.15. The van der Waals surface area contributed by atoms with Gasteiger partial charge < -0.3 is 15.0 Å². The lowest BCUT2D eigenvalue weighted by atomic mass is 10.1. The molecule has 1 aliphatic heterocycles. The molecule has 0 saturated carbocycles. The number of carbonyl (C=O) groups excluding carboxylic acids is 1. The van der Waals surface area contributed by atoms with Crippen molar-refractivity contribution in [3.8, 4) is 0 Å². The van der Waals surface area contributed by atoms with Crippen LogP contribution in [0.3, 0.4) is 0 Å². The van der Waals surface area contributed by atoms with E-state index in [1.807, 2.05) is 42.3 Å². The molecule has 26 heavy (non-hydrogen) atoms. The topological polar surface area (TPSA) is 44.8 Å². The highest BCUT2D eigenvalue weighted by Crippen LogP contribution is 2.20. The Morgan fingerprint density at radius 3 is 2.42 bits per heavy atom. The van der Waals surface area contributed by atoms with E-state index in [4.69, 9.17) is 4.74 Å². The van der Waals surface area contributed by atoms with E-state index in [0.717, 1.165) is 32.0 Å². The normalized spacial score (nSPS) is 15.7. The average Bonchev–Trinajstić information content (AvgIpc) is 2.69. The first kappa shape index (κ1) is 18.4. The summed E-state index contributed by atoms with van der Waals surface area (Å²) < 4.78 is 5.38. The first-order valence-electron chi connectivity index (χ1n) is 9.11. The van der Waals surface area contributed by atoms with E-state index in [2.05, 4.69) is 41.4 Å². The van der Waals surface area contributed by atoms with Crippen LogP contribution in [-0.4, -0.2) is 50.7 Å². The minimum Gasteiger partial charge on any atom is -0.378 e. The Kier molecular flexibility index (Phi) is 6.26. The van der Waals surface area contributed by atoms with Crippen molar-refractivity contribution in [1.82, 2.24) is 4.90 Å². The molecular weight excluding hydrogens is 326 g/mol. The summed E-state index contributed by atoms with van der Waals surface area (Å²) in [6.07, 6.45) is 0.